The van der Waals surface area contributed by atoms with Gasteiger partial charge in [0.2, 0.25) is 5.52 Å². The van der Waals surface area contributed by atoms with Crippen molar-refractivity contribution in [3.8, 4) is 0 Å². The lowest BCUT2D eigenvalue weighted by Crippen LogP contribution is -2.21. The molecular weight excluding hydrogens is 279 g/mol. The first-order valence-electron chi connectivity index (χ1n) is 7.15. The Morgan fingerprint density at radius 1 is 0.905 bits per heavy atom. The molecular formula is C18H21O2P. The van der Waals surface area contributed by atoms with E-state index in [2.05, 4.69) is 0 Å². The van der Waals surface area contributed by atoms with Crippen molar-refractivity contribution in [2.45, 2.75) is 33.4 Å². The molecule has 1 atom stereocenters. The third kappa shape index (κ3) is 2.73. The topological polar surface area (TPSA) is 34.1 Å². The maximum atomic E-state index is 13.6. The van der Waals surface area contributed by atoms with Crippen LogP contribution in [0.1, 0.15) is 35.3 Å². The monoisotopic (exact) mass is 300 g/mol. The Hall–Kier alpha value is -1.66. The van der Waals surface area contributed by atoms with Crippen LogP contribution in [0.4, 0.5) is 0 Å². The average molecular weight is 300 g/mol. The van der Waals surface area contributed by atoms with Crippen molar-refractivity contribution in [2.24, 2.45) is 0 Å². The number of carbonyl (C=O) groups excluding carboxylic acids is 1. The Balaban J connectivity index is 2.65. The molecule has 110 valence electrons. The predicted molar refractivity (Wildman–Crippen MR) is 89.1 cm³/mol. The molecule has 2 rings (SSSR count). The SMILES string of the molecule is Cc1cccc(C)c1C(=O)P(=O)(c1ccccc1)C(C)C. The zero-order valence-corrected chi connectivity index (χ0v) is 13.9. The van der Waals surface area contributed by atoms with Gasteiger partial charge >= 0.3 is 0 Å². The summed E-state index contributed by atoms with van der Waals surface area (Å²) in [5.41, 5.74) is 1.94. The van der Waals surface area contributed by atoms with Crippen LogP contribution in [-0.4, -0.2) is 11.2 Å². The Morgan fingerprint density at radius 2 is 1.43 bits per heavy atom. The minimum Gasteiger partial charge on any atom is -0.310 e. The molecule has 0 heterocycles. The lowest BCUT2D eigenvalue weighted by molar-refractivity contribution is 0.107. The number of aryl methyl sites for hydroxylation is 2. The molecule has 2 nitrogen and oxygen atoms in total. The summed E-state index contributed by atoms with van der Waals surface area (Å²) in [7, 11) is -3.15. The third-order valence-corrected chi connectivity index (χ3v) is 7.21. The van der Waals surface area contributed by atoms with E-state index in [1.807, 2.05) is 64.1 Å². The standard InChI is InChI=1S/C18H21O2P/c1-13(2)21(20,16-11-6-5-7-12-16)18(19)17-14(3)9-8-10-15(17)4/h5-13H,1-4H3. The summed E-state index contributed by atoms with van der Waals surface area (Å²) in [5.74, 6) is 0. The molecule has 0 aromatic heterocycles. The lowest BCUT2D eigenvalue weighted by Gasteiger charge is -2.23. The Morgan fingerprint density at radius 3 is 1.90 bits per heavy atom. The van der Waals surface area contributed by atoms with Gasteiger partial charge in [-0.3, -0.25) is 4.79 Å². The molecule has 0 aliphatic rings. The molecule has 0 saturated heterocycles. The molecule has 0 amide bonds. The Kier molecular flexibility index (Phi) is 4.49. The first-order chi connectivity index (χ1) is 9.89. The van der Waals surface area contributed by atoms with Gasteiger partial charge in [-0.2, -0.15) is 0 Å². The molecule has 2 aromatic carbocycles. The van der Waals surface area contributed by atoms with Gasteiger partial charge in [0.15, 0.2) is 7.14 Å². The van der Waals surface area contributed by atoms with Gasteiger partial charge in [0.05, 0.1) is 0 Å². The van der Waals surface area contributed by atoms with Crippen LogP contribution < -0.4 is 5.30 Å². The molecule has 0 saturated carbocycles. The van der Waals surface area contributed by atoms with Crippen molar-refractivity contribution in [1.29, 1.82) is 0 Å². The van der Waals surface area contributed by atoms with Crippen molar-refractivity contribution in [3.05, 3.63) is 65.2 Å². The Labute approximate surface area is 126 Å². The molecule has 1 unspecified atom stereocenters. The van der Waals surface area contributed by atoms with Gasteiger partial charge in [0.25, 0.3) is 0 Å². The molecule has 21 heavy (non-hydrogen) atoms. The maximum absolute atomic E-state index is 13.6. The van der Waals surface area contributed by atoms with E-state index in [9.17, 15) is 9.36 Å². The van der Waals surface area contributed by atoms with E-state index < -0.39 is 7.14 Å². The van der Waals surface area contributed by atoms with Crippen molar-refractivity contribution < 1.29 is 9.36 Å². The van der Waals surface area contributed by atoms with E-state index >= 15 is 0 Å². The molecule has 0 radical (unpaired) electrons. The molecule has 0 aliphatic heterocycles. The smallest absolute Gasteiger partial charge is 0.226 e. The van der Waals surface area contributed by atoms with E-state index in [-0.39, 0.29) is 11.2 Å². The first kappa shape index (κ1) is 15.7. The molecule has 0 aliphatic carbocycles. The van der Waals surface area contributed by atoms with Crippen LogP contribution in [0.2, 0.25) is 0 Å². The molecule has 2 aromatic rings. The minimum absolute atomic E-state index is 0.216. The quantitative estimate of drug-likeness (QED) is 0.777. The highest BCUT2D eigenvalue weighted by molar-refractivity contribution is 7.88. The van der Waals surface area contributed by atoms with Crippen LogP contribution >= 0.6 is 7.14 Å². The van der Waals surface area contributed by atoms with Crippen LogP contribution in [-0.2, 0) is 4.57 Å². The van der Waals surface area contributed by atoms with Crippen LogP contribution in [0.25, 0.3) is 0 Å². The average Bonchev–Trinajstić information content (AvgIpc) is 2.46. The highest BCUT2D eigenvalue weighted by Crippen LogP contribution is 2.52. The second-order valence-corrected chi connectivity index (χ2v) is 8.93. The maximum Gasteiger partial charge on any atom is 0.226 e. The third-order valence-electron chi connectivity index (χ3n) is 3.86. The first-order valence-corrected chi connectivity index (χ1v) is 8.93. The van der Waals surface area contributed by atoms with E-state index in [1.54, 1.807) is 12.1 Å². The van der Waals surface area contributed by atoms with E-state index in [4.69, 9.17) is 0 Å². The molecule has 0 fully saturated rings. The van der Waals surface area contributed by atoms with Crippen LogP contribution in [0, 0.1) is 13.8 Å². The van der Waals surface area contributed by atoms with Crippen LogP contribution in [0.5, 0.6) is 0 Å². The summed E-state index contributed by atoms with van der Waals surface area (Å²) in [5, 5.41) is 0.646. The number of hydrogen-bond acceptors (Lipinski definition) is 2. The van der Waals surface area contributed by atoms with Gasteiger partial charge in [-0.1, -0.05) is 62.4 Å². The summed E-state index contributed by atoms with van der Waals surface area (Å²) < 4.78 is 13.6. The van der Waals surface area contributed by atoms with Gasteiger partial charge < -0.3 is 4.57 Å². The minimum atomic E-state index is -3.15. The van der Waals surface area contributed by atoms with E-state index in [1.165, 1.54) is 0 Å². The summed E-state index contributed by atoms with van der Waals surface area (Å²) in [4.78, 5) is 13.1. The summed E-state index contributed by atoms with van der Waals surface area (Å²) in [6.07, 6.45) is 0. The van der Waals surface area contributed by atoms with Crippen molar-refractivity contribution >= 4 is 18.0 Å². The predicted octanol–water partition coefficient (Wildman–Crippen LogP) is 4.54. The summed E-state index contributed by atoms with van der Waals surface area (Å²) in [6.45, 7) is 7.52. The van der Waals surface area contributed by atoms with Gasteiger partial charge in [0.1, 0.15) is 0 Å². The largest absolute Gasteiger partial charge is 0.310 e. The van der Waals surface area contributed by atoms with E-state index in [0.29, 0.717) is 10.9 Å². The normalized spacial score (nSPS) is 14.0. The number of carbonyl (C=O) groups is 1. The molecule has 0 bridgehead atoms. The highest BCUT2D eigenvalue weighted by atomic mass is 31.2. The number of hydrogen-bond donors (Lipinski definition) is 0. The Bertz CT molecular complexity index is 682. The van der Waals surface area contributed by atoms with Gasteiger partial charge in [0, 0.05) is 16.5 Å². The van der Waals surface area contributed by atoms with Gasteiger partial charge in [-0.25, -0.2) is 0 Å². The van der Waals surface area contributed by atoms with Gasteiger partial charge in [-0.15, -0.1) is 0 Å². The summed E-state index contributed by atoms with van der Waals surface area (Å²) >= 11 is 0. The highest BCUT2D eigenvalue weighted by Gasteiger charge is 2.38. The second-order valence-electron chi connectivity index (χ2n) is 5.66. The summed E-state index contributed by atoms with van der Waals surface area (Å²) in [6, 6.07) is 14.9. The zero-order chi connectivity index (χ0) is 15.6. The fourth-order valence-corrected chi connectivity index (χ4v) is 5.22. The van der Waals surface area contributed by atoms with Crippen LogP contribution in [0.3, 0.4) is 0 Å². The number of rotatable bonds is 4. The van der Waals surface area contributed by atoms with Crippen molar-refractivity contribution in [1.82, 2.24) is 0 Å². The van der Waals surface area contributed by atoms with Crippen molar-refractivity contribution in [2.75, 3.05) is 0 Å². The molecule has 0 spiro atoms. The number of benzene rings is 2. The van der Waals surface area contributed by atoms with Crippen molar-refractivity contribution in [3.63, 3.8) is 0 Å². The second kappa shape index (κ2) is 5.99. The zero-order valence-electron chi connectivity index (χ0n) is 13.0. The molecule has 3 heteroatoms. The fraction of sp³-hybridized carbons (Fsp3) is 0.278. The molecule has 0 N–H and O–H groups in total. The fourth-order valence-electron chi connectivity index (χ4n) is 2.62. The lowest BCUT2D eigenvalue weighted by atomic mass is 10.0. The van der Waals surface area contributed by atoms with Gasteiger partial charge in [-0.05, 0) is 25.0 Å². The van der Waals surface area contributed by atoms with E-state index in [0.717, 1.165) is 11.1 Å². The van der Waals surface area contributed by atoms with Crippen LogP contribution in [0.15, 0.2) is 48.5 Å².